The van der Waals surface area contributed by atoms with E-state index in [4.69, 9.17) is 0 Å². The molecule has 0 spiro atoms. The first-order valence-electron chi connectivity index (χ1n) is 11.8. The molecule has 29 heavy (non-hydrogen) atoms. The van der Waals surface area contributed by atoms with E-state index in [2.05, 4.69) is 86.7 Å². The molecule has 0 aliphatic carbocycles. The van der Waals surface area contributed by atoms with E-state index in [1.165, 1.54) is 92.9 Å². The zero-order valence-electron chi connectivity index (χ0n) is 18.7. The smallest absolute Gasteiger partial charge is 0.0254 e. The molecule has 2 aromatic rings. The second-order valence-corrected chi connectivity index (χ2v) is 8.14. The highest BCUT2D eigenvalue weighted by Crippen LogP contribution is 2.28. The Morgan fingerprint density at radius 2 is 0.897 bits per heavy atom. The van der Waals surface area contributed by atoms with Gasteiger partial charge in [0.1, 0.15) is 0 Å². The van der Waals surface area contributed by atoms with E-state index >= 15 is 0 Å². The van der Waals surface area contributed by atoms with Gasteiger partial charge in [-0.1, -0.05) is 132 Å². The van der Waals surface area contributed by atoms with Crippen LogP contribution in [0.25, 0.3) is 12.2 Å². The van der Waals surface area contributed by atoms with Crippen molar-refractivity contribution >= 4 is 12.2 Å². The highest BCUT2D eigenvalue weighted by molar-refractivity contribution is 5.66. The molecule has 0 fully saturated rings. The van der Waals surface area contributed by atoms with E-state index < -0.39 is 0 Å². The number of rotatable bonds is 14. The minimum atomic E-state index is 1.18. The maximum Gasteiger partial charge on any atom is -0.0254 e. The Balaban J connectivity index is 2.23. The fraction of sp³-hybridized carbons (Fsp3) is 0.448. The molecule has 0 saturated heterocycles. The molecule has 0 bridgehead atoms. The normalized spacial score (nSPS) is 12.3. The second kappa shape index (κ2) is 14.9. The van der Waals surface area contributed by atoms with E-state index in [9.17, 15) is 0 Å². The SMILES string of the molecule is CCCCCCCC(=Cc1ccccc1)C(=Cc1ccccc1)CCCCCC. The lowest BCUT2D eigenvalue weighted by molar-refractivity contribution is 0.627. The van der Waals surface area contributed by atoms with Gasteiger partial charge in [-0.25, -0.2) is 0 Å². The summed E-state index contributed by atoms with van der Waals surface area (Å²) in [7, 11) is 0. The van der Waals surface area contributed by atoms with Gasteiger partial charge in [-0.2, -0.15) is 0 Å². The lowest BCUT2D eigenvalue weighted by atomic mass is 9.91. The van der Waals surface area contributed by atoms with Gasteiger partial charge in [0.15, 0.2) is 0 Å². The molecule has 0 N–H and O–H groups in total. The molecule has 0 amide bonds. The van der Waals surface area contributed by atoms with Crippen molar-refractivity contribution in [3.63, 3.8) is 0 Å². The molecule has 0 saturated carbocycles. The van der Waals surface area contributed by atoms with Crippen molar-refractivity contribution in [1.29, 1.82) is 0 Å². The molecule has 2 aromatic carbocycles. The second-order valence-electron chi connectivity index (χ2n) is 8.14. The molecule has 0 aliphatic rings. The van der Waals surface area contributed by atoms with Crippen molar-refractivity contribution in [2.24, 2.45) is 0 Å². The van der Waals surface area contributed by atoms with Gasteiger partial charge in [-0.3, -0.25) is 0 Å². The van der Waals surface area contributed by atoms with Crippen LogP contribution in [-0.4, -0.2) is 0 Å². The molecule has 0 nitrogen and oxygen atoms in total. The van der Waals surface area contributed by atoms with E-state index in [0.717, 1.165) is 0 Å². The fourth-order valence-electron chi connectivity index (χ4n) is 3.81. The third-order valence-electron chi connectivity index (χ3n) is 5.54. The highest BCUT2D eigenvalue weighted by Gasteiger charge is 2.07. The fourth-order valence-corrected chi connectivity index (χ4v) is 3.81. The molecule has 0 atom stereocenters. The lowest BCUT2D eigenvalue weighted by Crippen LogP contribution is -1.94. The maximum atomic E-state index is 2.44. The van der Waals surface area contributed by atoms with E-state index in [1.54, 1.807) is 0 Å². The van der Waals surface area contributed by atoms with Crippen LogP contribution in [0.3, 0.4) is 0 Å². The van der Waals surface area contributed by atoms with Crippen molar-refractivity contribution in [1.82, 2.24) is 0 Å². The third-order valence-corrected chi connectivity index (χ3v) is 5.54. The first-order valence-corrected chi connectivity index (χ1v) is 11.8. The van der Waals surface area contributed by atoms with E-state index in [-0.39, 0.29) is 0 Å². The molecule has 0 unspecified atom stereocenters. The number of hydrogen-bond acceptors (Lipinski definition) is 0. The maximum absolute atomic E-state index is 2.44. The topological polar surface area (TPSA) is 0 Å². The first kappa shape index (κ1) is 23.2. The summed E-state index contributed by atoms with van der Waals surface area (Å²) in [6, 6.07) is 21.7. The zero-order valence-corrected chi connectivity index (χ0v) is 18.7. The number of unbranched alkanes of at least 4 members (excludes halogenated alkanes) is 7. The first-order chi connectivity index (χ1) is 14.3. The van der Waals surface area contributed by atoms with Gasteiger partial charge >= 0.3 is 0 Å². The summed E-state index contributed by atoms with van der Waals surface area (Å²) in [5, 5.41) is 0. The Morgan fingerprint density at radius 1 is 0.517 bits per heavy atom. The highest BCUT2D eigenvalue weighted by atomic mass is 14.1. The van der Waals surface area contributed by atoms with E-state index in [1.807, 2.05) is 0 Å². The number of allylic oxidation sites excluding steroid dienone is 2. The standard InChI is InChI=1S/C29H40/c1-3-5-7-9-17-23-29(25-27-20-14-11-15-21-27)28(22-16-8-6-4-2)24-26-18-12-10-13-19-26/h10-15,18-21,24-25H,3-9,16-17,22-23H2,1-2H3. The van der Waals surface area contributed by atoms with Crippen LogP contribution >= 0.6 is 0 Å². The molecule has 2 rings (SSSR count). The lowest BCUT2D eigenvalue weighted by Gasteiger charge is -2.14. The van der Waals surface area contributed by atoms with Gasteiger partial charge in [0.05, 0.1) is 0 Å². The Bertz CT molecular complexity index is 706. The summed E-state index contributed by atoms with van der Waals surface area (Å²) in [5.41, 5.74) is 5.71. The predicted octanol–water partition coefficient (Wildman–Crippen LogP) is 9.48. The van der Waals surface area contributed by atoms with Crippen LogP contribution in [0.2, 0.25) is 0 Å². The van der Waals surface area contributed by atoms with Crippen molar-refractivity contribution in [3.8, 4) is 0 Å². The summed E-state index contributed by atoms with van der Waals surface area (Å²) < 4.78 is 0. The Kier molecular flexibility index (Phi) is 11.9. The minimum absolute atomic E-state index is 1.18. The van der Waals surface area contributed by atoms with Crippen LogP contribution in [0.15, 0.2) is 71.8 Å². The zero-order chi connectivity index (χ0) is 20.6. The monoisotopic (exact) mass is 388 g/mol. The van der Waals surface area contributed by atoms with Crippen molar-refractivity contribution < 1.29 is 0 Å². The predicted molar refractivity (Wildman–Crippen MR) is 131 cm³/mol. The Morgan fingerprint density at radius 3 is 1.31 bits per heavy atom. The van der Waals surface area contributed by atoms with Gasteiger partial charge in [0, 0.05) is 0 Å². The minimum Gasteiger partial charge on any atom is -0.0654 e. The van der Waals surface area contributed by atoms with Crippen LogP contribution in [-0.2, 0) is 0 Å². The average Bonchev–Trinajstić information content (AvgIpc) is 2.76. The molecule has 0 heterocycles. The summed E-state index contributed by atoms with van der Waals surface area (Å²) in [6.45, 7) is 4.58. The molecule has 0 aliphatic heterocycles. The van der Waals surface area contributed by atoms with Gasteiger partial charge in [0.25, 0.3) is 0 Å². The Hall–Kier alpha value is -2.08. The molecule has 0 heteroatoms. The molecular weight excluding hydrogens is 348 g/mol. The molecular formula is C29H40. The van der Waals surface area contributed by atoms with Crippen molar-refractivity contribution in [3.05, 3.63) is 82.9 Å². The van der Waals surface area contributed by atoms with Crippen LogP contribution in [0.1, 0.15) is 95.6 Å². The third kappa shape index (κ3) is 9.79. The summed E-state index contributed by atoms with van der Waals surface area (Å²) >= 11 is 0. The summed E-state index contributed by atoms with van der Waals surface area (Å²) in [5.74, 6) is 0. The van der Waals surface area contributed by atoms with Crippen LogP contribution in [0, 0.1) is 0 Å². The quantitative estimate of drug-likeness (QED) is 0.223. The van der Waals surface area contributed by atoms with Crippen LogP contribution < -0.4 is 0 Å². The summed E-state index contributed by atoms with van der Waals surface area (Å²) in [4.78, 5) is 0. The van der Waals surface area contributed by atoms with Crippen LogP contribution in [0.4, 0.5) is 0 Å². The van der Waals surface area contributed by atoms with E-state index in [0.29, 0.717) is 0 Å². The molecule has 156 valence electrons. The van der Waals surface area contributed by atoms with Gasteiger partial charge in [0.2, 0.25) is 0 Å². The molecule has 0 radical (unpaired) electrons. The van der Waals surface area contributed by atoms with Crippen molar-refractivity contribution in [2.75, 3.05) is 0 Å². The summed E-state index contributed by atoms with van der Waals surface area (Å²) in [6.07, 6.45) is 19.2. The van der Waals surface area contributed by atoms with Gasteiger partial charge in [-0.15, -0.1) is 0 Å². The van der Waals surface area contributed by atoms with Crippen LogP contribution in [0.5, 0.6) is 0 Å². The Labute approximate surface area is 179 Å². The molecule has 0 aromatic heterocycles. The largest absolute Gasteiger partial charge is 0.0654 e. The number of hydrogen-bond donors (Lipinski definition) is 0. The van der Waals surface area contributed by atoms with Crippen molar-refractivity contribution in [2.45, 2.75) is 84.5 Å². The number of benzene rings is 2. The van der Waals surface area contributed by atoms with Gasteiger partial charge < -0.3 is 0 Å². The average molecular weight is 389 g/mol. The van der Waals surface area contributed by atoms with Gasteiger partial charge in [-0.05, 0) is 48.0 Å².